The summed E-state index contributed by atoms with van der Waals surface area (Å²) in [5, 5.41) is 6.33. The molecule has 4 rings (SSSR count). The molecule has 1 fully saturated rings. The lowest BCUT2D eigenvalue weighted by Crippen LogP contribution is -2.30. The van der Waals surface area contributed by atoms with Gasteiger partial charge in [0.05, 0.1) is 17.7 Å². The van der Waals surface area contributed by atoms with Gasteiger partial charge in [-0.2, -0.15) is 0 Å². The summed E-state index contributed by atoms with van der Waals surface area (Å²) in [5.41, 5.74) is 1.39. The van der Waals surface area contributed by atoms with Crippen molar-refractivity contribution in [2.75, 3.05) is 19.7 Å². The lowest BCUT2D eigenvalue weighted by molar-refractivity contribution is 0.217. The highest BCUT2D eigenvalue weighted by Crippen LogP contribution is 2.35. The number of hydrogen-bond acceptors (Lipinski definition) is 4. The predicted octanol–water partition coefficient (Wildman–Crippen LogP) is 3.64. The quantitative estimate of drug-likeness (QED) is 0.762. The van der Waals surface area contributed by atoms with Gasteiger partial charge in [-0.3, -0.25) is 4.79 Å². The average molecular weight is 340 g/mol. The highest BCUT2D eigenvalue weighted by Gasteiger charge is 2.19. The van der Waals surface area contributed by atoms with Crippen LogP contribution in [0.2, 0.25) is 0 Å². The number of hydrogen-bond donors (Lipinski definition) is 2. The first-order valence-electron chi connectivity index (χ1n) is 8.35. The highest BCUT2D eigenvalue weighted by atomic mass is 32.1. The summed E-state index contributed by atoms with van der Waals surface area (Å²) in [4.78, 5) is 16.6. The Morgan fingerprint density at radius 3 is 2.75 bits per heavy atom. The van der Waals surface area contributed by atoms with Crippen molar-refractivity contribution >= 4 is 22.2 Å². The molecule has 4 nitrogen and oxygen atoms in total. The molecule has 1 aromatic carbocycles. The maximum Gasteiger partial charge on any atom is 0.260 e. The summed E-state index contributed by atoms with van der Waals surface area (Å²) in [6.45, 7) is 2.75. The number of nitrogens with one attached hydrogen (secondary N) is 2. The molecule has 0 saturated carbocycles. The Hall–Kier alpha value is -2.11. The van der Waals surface area contributed by atoms with Gasteiger partial charge < -0.3 is 15.0 Å². The molecule has 0 spiro atoms. The van der Waals surface area contributed by atoms with Gasteiger partial charge >= 0.3 is 0 Å². The van der Waals surface area contributed by atoms with E-state index in [1.165, 1.54) is 0 Å². The van der Waals surface area contributed by atoms with E-state index in [1.807, 2.05) is 41.8 Å². The SMILES string of the molecule is O=c1[nH]c2ccccc2c(OCC2CCNCC2)c1-c1cccs1. The van der Waals surface area contributed by atoms with Crippen LogP contribution in [0.25, 0.3) is 21.3 Å². The molecule has 2 N–H and O–H groups in total. The second kappa shape index (κ2) is 6.79. The number of aromatic amines is 1. The molecule has 5 heteroatoms. The first-order chi connectivity index (χ1) is 11.8. The molecule has 0 atom stereocenters. The summed E-state index contributed by atoms with van der Waals surface area (Å²) < 4.78 is 6.25. The molecule has 124 valence electrons. The van der Waals surface area contributed by atoms with Gasteiger partial charge in [0.2, 0.25) is 0 Å². The minimum atomic E-state index is -0.0866. The van der Waals surface area contributed by atoms with Crippen molar-refractivity contribution in [2.45, 2.75) is 12.8 Å². The van der Waals surface area contributed by atoms with Crippen LogP contribution in [0.15, 0.2) is 46.6 Å². The molecule has 0 aliphatic carbocycles. The fourth-order valence-electron chi connectivity index (χ4n) is 3.26. The fourth-order valence-corrected chi connectivity index (χ4v) is 4.02. The Labute approximate surface area is 144 Å². The minimum Gasteiger partial charge on any atom is -0.492 e. The highest BCUT2D eigenvalue weighted by molar-refractivity contribution is 7.13. The van der Waals surface area contributed by atoms with Crippen LogP contribution in [-0.4, -0.2) is 24.7 Å². The summed E-state index contributed by atoms with van der Waals surface area (Å²) >= 11 is 1.56. The summed E-state index contributed by atoms with van der Waals surface area (Å²) in [5.74, 6) is 1.26. The molecule has 3 heterocycles. The Bertz CT molecular complexity index is 880. The molecule has 1 aliphatic rings. The van der Waals surface area contributed by atoms with Crippen LogP contribution >= 0.6 is 11.3 Å². The number of pyridine rings is 1. The van der Waals surface area contributed by atoms with E-state index in [4.69, 9.17) is 4.74 Å². The molecule has 3 aromatic rings. The minimum absolute atomic E-state index is 0.0866. The molecular weight excluding hydrogens is 320 g/mol. The van der Waals surface area contributed by atoms with Crippen LogP contribution in [0.5, 0.6) is 5.75 Å². The van der Waals surface area contributed by atoms with Crippen molar-refractivity contribution in [2.24, 2.45) is 5.92 Å². The summed E-state index contributed by atoms with van der Waals surface area (Å²) in [6.07, 6.45) is 2.24. The van der Waals surface area contributed by atoms with E-state index < -0.39 is 0 Å². The summed E-state index contributed by atoms with van der Waals surface area (Å²) in [6, 6.07) is 11.8. The van der Waals surface area contributed by atoms with E-state index in [9.17, 15) is 4.79 Å². The van der Waals surface area contributed by atoms with Crippen LogP contribution in [0, 0.1) is 5.92 Å². The van der Waals surface area contributed by atoms with E-state index in [1.54, 1.807) is 11.3 Å². The van der Waals surface area contributed by atoms with Crippen molar-refractivity contribution < 1.29 is 4.74 Å². The second-order valence-corrected chi connectivity index (χ2v) is 7.13. The Balaban J connectivity index is 1.78. The van der Waals surface area contributed by atoms with Gasteiger partial charge in [0, 0.05) is 10.3 Å². The van der Waals surface area contributed by atoms with Crippen LogP contribution < -0.4 is 15.6 Å². The predicted molar refractivity (Wildman–Crippen MR) is 99.0 cm³/mol. The summed E-state index contributed by atoms with van der Waals surface area (Å²) in [7, 11) is 0. The number of para-hydroxylation sites is 1. The topological polar surface area (TPSA) is 54.1 Å². The van der Waals surface area contributed by atoms with Gasteiger partial charge in [0.25, 0.3) is 5.56 Å². The van der Waals surface area contributed by atoms with Crippen molar-refractivity contribution in [3.63, 3.8) is 0 Å². The third kappa shape index (κ3) is 2.97. The lowest BCUT2D eigenvalue weighted by Gasteiger charge is -2.23. The third-order valence-corrected chi connectivity index (χ3v) is 5.45. The zero-order valence-electron chi connectivity index (χ0n) is 13.4. The molecular formula is C19H20N2O2S. The number of thiophene rings is 1. The number of benzene rings is 1. The van der Waals surface area contributed by atoms with Gasteiger partial charge in [-0.05, 0) is 55.4 Å². The zero-order valence-corrected chi connectivity index (χ0v) is 14.2. The standard InChI is InChI=1S/C19H20N2O2S/c22-19-17(16-6-3-11-24-16)18(14-4-1-2-5-15(14)21-19)23-12-13-7-9-20-10-8-13/h1-6,11,13,20H,7-10,12H2,(H,21,22). The van der Waals surface area contributed by atoms with Crippen molar-refractivity contribution in [3.05, 3.63) is 52.1 Å². The molecule has 1 aliphatic heterocycles. The monoisotopic (exact) mass is 340 g/mol. The van der Waals surface area contributed by atoms with Gasteiger partial charge in [0.1, 0.15) is 5.75 Å². The second-order valence-electron chi connectivity index (χ2n) is 6.19. The lowest BCUT2D eigenvalue weighted by atomic mass is 9.99. The normalized spacial score (nSPS) is 15.7. The van der Waals surface area contributed by atoms with Crippen LogP contribution in [0.1, 0.15) is 12.8 Å². The first kappa shape index (κ1) is 15.4. The smallest absolute Gasteiger partial charge is 0.260 e. The van der Waals surface area contributed by atoms with Crippen LogP contribution in [0.3, 0.4) is 0 Å². The third-order valence-electron chi connectivity index (χ3n) is 4.56. The van der Waals surface area contributed by atoms with E-state index in [0.29, 0.717) is 18.1 Å². The molecule has 0 bridgehead atoms. The Morgan fingerprint density at radius 1 is 1.12 bits per heavy atom. The molecule has 1 saturated heterocycles. The first-order valence-corrected chi connectivity index (χ1v) is 9.23. The number of rotatable bonds is 4. The Morgan fingerprint density at radius 2 is 1.96 bits per heavy atom. The molecule has 0 unspecified atom stereocenters. The van der Waals surface area contributed by atoms with Crippen LogP contribution in [0.4, 0.5) is 0 Å². The zero-order chi connectivity index (χ0) is 16.4. The van der Waals surface area contributed by atoms with Gasteiger partial charge in [-0.15, -0.1) is 11.3 Å². The fraction of sp³-hybridized carbons (Fsp3) is 0.316. The van der Waals surface area contributed by atoms with Gasteiger partial charge in [-0.1, -0.05) is 18.2 Å². The molecule has 24 heavy (non-hydrogen) atoms. The van der Waals surface area contributed by atoms with Crippen molar-refractivity contribution in [1.82, 2.24) is 10.3 Å². The average Bonchev–Trinajstić information content (AvgIpc) is 3.14. The number of H-pyrrole nitrogens is 1. The van der Waals surface area contributed by atoms with Gasteiger partial charge in [-0.25, -0.2) is 0 Å². The van der Waals surface area contributed by atoms with E-state index in [2.05, 4.69) is 10.3 Å². The Kier molecular flexibility index (Phi) is 4.36. The largest absolute Gasteiger partial charge is 0.492 e. The molecule has 2 aromatic heterocycles. The number of piperidine rings is 1. The number of aromatic nitrogens is 1. The molecule has 0 radical (unpaired) electrons. The van der Waals surface area contributed by atoms with Crippen molar-refractivity contribution in [1.29, 1.82) is 0 Å². The number of fused-ring (bicyclic) bond motifs is 1. The van der Waals surface area contributed by atoms with E-state index in [-0.39, 0.29) is 5.56 Å². The number of ether oxygens (including phenoxy) is 1. The molecule has 0 amide bonds. The maximum atomic E-state index is 12.7. The van der Waals surface area contributed by atoms with Gasteiger partial charge in [0.15, 0.2) is 0 Å². The van der Waals surface area contributed by atoms with Crippen LogP contribution in [-0.2, 0) is 0 Å². The van der Waals surface area contributed by atoms with E-state index >= 15 is 0 Å². The maximum absolute atomic E-state index is 12.7. The van der Waals surface area contributed by atoms with Crippen molar-refractivity contribution in [3.8, 4) is 16.2 Å². The van der Waals surface area contributed by atoms with E-state index in [0.717, 1.165) is 47.5 Å².